The molecule has 0 fully saturated rings. The van der Waals surface area contributed by atoms with E-state index in [1.807, 2.05) is 41.8 Å². The van der Waals surface area contributed by atoms with Gasteiger partial charge in [0.25, 0.3) is 0 Å². The molecule has 0 aliphatic carbocycles. The van der Waals surface area contributed by atoms with Gasteiger partial charge in [0.1, 0.15) is 12.4 Å². The van der Waals surface area contributed by atoms with E-state index in [1.165, 1.54) is 7.11 Å². The number of aliphatic imine (C=N–C) groups is 1. The molecule has 0 radical (unpaired) electrons. The molecular formula is C19H15ClN4O2. The maximum Gasteiger partial charge on any atom is 0.337 e. The second-order valence-corrected chi connectivity index (χ2v) is 6.27. The van der Waals surface area contributed by atoms with Crippen molar-refractivity contribution in [3.63, 3.8) is 0 Å². The lowest BCUT2D eigenvalue weighted by Gasteiger charge is -2.14. The van der Waals surface area contributed by atoms with Crippen LogP contribution in [0.2, 0.25) is 5.02 Å². The molecule has 0 saturated heterocycles. The smallest absolute Gasteiger partial charge is 0.337 e. The van der Waals surface area contributed by atoms with Crippen molar-refractivity contribution in [2.45, 2.75) is 13.5 Å². The topological polar surface area (TPSA) is 69.4 Å². The largest absolute Gasteiger partial charge is 0.465 e. The molecule has 3 aromatic rings. The molecule has 130 valence electrons. The zero-order valence-corrected chi connectivity index (χ0v) is 15.0. The van der Waals surface area contributed by atoms with Crippen molar-refractivity contribution < 1.29 is 9.53 Å². The predicted molar refractivity (Wildman–Crippen MR) is 98.2 cm³/mol. The Morgan fingerprint density at radius 2 is 1.96 bits per heavy atom. The number of carbonyl (C=O) groups is 1. The van der Waals surface area contributed by atoms with Gasteiger partial charge in [-0.2, -0.15) is 0 Å². The number of carbonyl (C=O) groups excluding carboxylic acids is 1. The summed E-state index contributed by atoms with van der Waals surface area (Å²) >= 11 is 6.42. The van der Waals surface area contributed by atoms with Gasteiger partial charge >= 0.3 is 5.97 Å². The minimum Gasteiger partial charge on any atom is -0.465 e. The highest BCUT2D eigenvalue weighted by Crippen LogP contribution is 2.29. The van der Waals surface area contributed by atoms with Crippen molar-refractivity contribution in [2.24, 2.45) is 4.99 Å². The summed E-state index contributed by atoms with van der Waals surface area (Å²) < 4.78 is 6.81. The van der Waals surface area contributed by atoms with Gasteiger partial charge in [-0.05, 0) is 31.2 Å². The van der Waals surface area contributed by atoms with E-state index in [0.717, 1.165) is 28.5 Å². The molecule has 0 N–H and O–H groups in total. The van der Waals surface area contributed by atoms with E-state index >= 15 is 0 Å². The Hall–Kier alpha value is -2.99. The molecule has 1 aromatic heterocycles. The molecule has 1 aliphatic rings. The fourth-order valence-electron chi connectivity index (χ4n) is 3.11. The average molecular weight is 367 g/mol. The number of hydrogen-bond donors (Lipinski definition) is 0. The van der Waals surface area contributed by atoms with E-state index in [2.05, 4.69) is 10.2 Å². The summed E-state index contributed by atoms with van der Waals surface area (Å²) in [7, 11) is 1.36. The summed E-state index contributed by atoms with van der Waals surface area (Å²) in [4.78, 5) is 16.8. The van der Waals surface area contributed by atoms with Gasteiger partial charge in [0.2, 0.25) is 0 Å². The maximum atomic E-state index is 12.0. The van der Waals surface area contributed by atoms with Crippen molar-refractivity contribution in [1.82, 2.24) is 14.8 Å². The van der Waals surface area contributed by atoms with Gasteiger partial charge in [-0.1, -0.05) is 29.8 Å². The molecular weight excluding hydrogens is 352 g/mol. The minimum atomic E-state index is -0.406. The van der Waals surface area contributed by atoms with Crippen LogP contribution in [0, 0.1) is 6.92 Å². The number of rotatable bonds is 2. The van der Waals surface area contributed by atoms with Crippen LogP contribution < -0.4 is 0 Å². The standard InChI is InChI=1S/C19H15ClN4O2/c1-11-22-23-17-10-21-18(13-5-3-4-6-15(13)20)14-9-12(19(25)26-2)7-8-16(14)24(11)17/h3-9H,10H2,1-2H3. The van der Waals surface area contributed by atoms with Crippen LogP contribution in [-0.2, 0) is 11.3 Å². The van der Waals surface area contributed by atoms with Crippen molar-refractivity contribution in [1.29, 1.82) is 0 Å². The summed E-state index contributed by atoms with van der Waals surface area (Å²) in [6.45, 7) is 2.25. The third kappa shape index (κ3) is 2.59. The molecule has 26 heavy (non-hydrogen) atoms. The first-order chi connectivity index (χ1) is 12.6. The molecule has 0 amide bonds. The molecule has 0 unspecified atom stereocenters. The van der Waals surface area contributed by atoms with Crippen LogP contribution in [0.4, 0.5) is 0 Å². The Labute approximate surface area is 155 Å². The van der Waals surface area contributed by atoms with Crippen LogP contribution in [0.15, 0.2) is 47.5 Å². The highest BCUT2D eigenvalue weighted by molar-refractivity contribution is 6.35. The molecule has 0 atom stereocenters. The number of hydrogen-bond acceptors (Lipinski definition) is 5. The first-order valence-corrected chi connectivity index (χ1v) is 8.41. The molecule has 1 aliphatic heterocycles. The second kappa shape index (κ2) is 6.38. The summed E-state index contributed by atoms with van der Waals surface area (Å²) in [5.74, 6) is 1.08. The predicted octanol–water partition coefficient (Wildman–Crippen LogP) is 3.37. The Balaban J connectivity index is 2.01. The van der Waals surface area contributed by atoms with Crippen LogP contribution in [0.25, 0.3) is 5.69 Å². The molecule has 0 saturated carbocycles. The Kier molecular flexibility index (Phi) is 4.05. The van der Waals surface area contributed by atoms with Gasteiger partial charge in [0.05, 0.1) is 24.1 Å². The molecule has 7 heteroatoms. The third-order valence-corrected chi connectivity index (χ3v) is 4.64. The Morgan fingerprint density at radius 3 is 2.73 bits per heavy atom. The summed E-state index contributed by atoms with van der Waals surface area (Å²) in [6, 6.07) is 12.9. The quantitative estimate of drug-likeness (QED) is 0.652. The third-order valence-electron chi connectivity index (χ3n) is 4.31. The zero-order valence-electron chi connectivity index (χ0n) is 14.2. The number of ether oxygens (including phenoxy) is 1. The molecule has 2 aromatic carbocycles. The van der Waals surface area contributed by atoms with Gasteiger partial charge < -0.3 is 4.74 Å². The number of fused-ring (bicyclic) bond motifs is 3. The lowest BCUT2D eigenvalue weighted by Crippen LogP contribution is -2.11. The van der Waals surface area contributed by atoms with Crippen molar-refractivity contribution >= 4 is 23.3 Å². The van der Waals surface area contributed by atoms with Gasteiger partial charge in [-0.3, -0.25) is 9.56 Å². The second-order valence-electron chi connectivity index (χ2n) is 5.87. The number of aryl methyl sites for hydroxylation is 1. The van der Waals surface area contributed by atoms with Crippen LogP contribution in [0.5, 0.6) is 0 Å². The van der Waals surface area contributed by atoms with E-state index in [4.69, 9.17) is 21.3 Å². The molecule has 0 spiro atoms. The Morgan fingerprint density at radius 1 is 1.15 bits per heavy atom. The molecule has 0 bridgehead atoms. The average Bonchev–Trinajstić information content (AvgIpc) is 2.94. The molecule has 6 nitrogen and oxygen atoms in total. The molecule has 4 rings (SSSR count). The lowest BCUT2D eigenvalue weighted by atomic mass is 9.98. The fraction of sp³-hybridized carbons (Fsp3) is 0.158. The zero-order chi connectivity index (χ0) is 18.3. The Bertz CT molecular complexity index is 1060. The minimum absolute atomic E-state index is 0.365. The van der Waals surface area contributed by atoms with E-state index < -0.39 is 5.97 Å². The maximum absolute atomic E-state index is 12.0. The first kappa shape index (κ1) is 16.5. The normalized spacial score (nSPS) is 12.7. The van der Waals surface area contributed by atoms with E-state index in [-0.39, 0.29) is 0 Å². The van der Waals surface area contributed by atoms with Crippen molar-refractivity contribution in [3.05, 3.63) is 75.8 Å². The highest BCUT2D eigenvalue weighted by Gasteiger charge is 2.24. The van der Waals surface area contributed by atoms with E-state index in [1.54, 1.807) is 12.1 Å². The van der Waals surface area contributed by atoms with Crippen LogP contribution in [0.1, 0.15) is 33.1 Å². The highest BCUT2D eigenvalue weighted by atomic mass is 35.5. The molecule has 2 heterocycles. The summed E-state index contributed by atoms with van der Waals surface area (Å²) in [5, 5.41) is 8.97. The van der Waals surface area contributed by atoms with Crippen LogP contribution >= 0.6 is 11.6 Å². The van der Waals surface area contributed by atoms with Gasteiger partial charge in [0.15, 0.2) is 5.82 Å². The lowest BCUT2D eigenvalue weighted by molar-refractivity contribution is 0.0600. The summed E-state index contributed by atoms with van der Waals surface area (Å²) in [6.07, 6.45) is 0. The number of esters is 1. The monoisotopic (exact) mass is 366 g/mol. The van der Waals surface area contributed by atoms with Crippen molar-refractivity contribution in [2.75, 3.05) is 7.11 Å². The van der Waals surface area contributed by atoms with Gasteiger partial charge in [-0.25, -0.2) is 4.79 Å². The number of methoxy groups -OCH3 is 1. The number of nitrogens with zero attached hydrogens (tertiary/aromatic N) is 4. The van der Waals surface area contributed by atoms with E-state index in [0.29, 0.717) is 22.8 Å². The van der Waals surface area contributed by atoms with Crippen molar-refractivity contribution in [3.8, 4) is 5.69 Å². The first-order valence-electron chi connectivity index (χ1n) is 8.03. The van der Waals surface area contributed by atoms with Gasteiger partial charge in [0, 0.05) is 16.1 Å². The number of aromatic nitrogens is 3. The fourth-order valence-corrected chi connectivity index (χ4v) is 3.33. The van der Waals surface area contributed by atoms with Crippen LogP contribution in [0.3, 0.4) is 0 Å². The number of halogens is 1. The van der Waals surface area contributed by atoms with Gasteiger partial charge in [-0.15, -0.1) is 10.2 Å². The summed E-state index contributed by atoms with van der Waals surface area (Å²) in [5.41, 5.74) is 3.59. The number of benzene rings is 2. The van der Waals surface area contributed by atoms with E-state index in [9.17, 15) is 4.79 Å². The SMILES string of the molecule is COC(=O)c1ccc2c(c1)C(c1ccccc1Cl)=NCc1nnc(C)n1-2. The van der Waals surface area contributed by atoms with Crippen LogP contribution in [-0.4, -0.2) is 33.6 Å².